The van der Waals surface area contributed by atoms with E-state index in [1.165, 1.54) is 0 Å². The maximum atomic E-state index is 12.2. The molecule has 0 aromatic heterocycles. The van der Waals surface area contributed by atoms with E-state index < -0.39 is 18.1 Å². The van der Waals surface area contributed by atoms with Gasteiger partial charge in [-0.05, 0) is 6.42 Å². The van der Waals surface area contributed by atoms with Gasteiger partial charge >= 0.3 is 6.18 Å². The molecule has 1 amide bonds. The number of nitrogens with zero attached hydrogens (tertiary/aromatic N) is 1. The lowest BCUT2D eigenvalue weighted by Gasteiger charge is -2.24. The predicted molar refractivity (Wildman–Crippen MR) is 46.0 cm³/mol. The summed E-state index contributed by atoms with van der Waals surface area (Å²) in [5, 5.41) is 0. The van der Waals surface area contributed by atoms with E-state index in [1.807, 2.05) is 0 Å². The van der Waals surface area contributed by atoms with Crippen LogP contribution < -0.4 is 5.73 Å². The molecule has 1 rings (SSSR count). The molecule has 7 heteroatoms. The number of carbonyl (C=O) groups excluding carboxylic acids is 1. The maximum absolute atomic E-state index is 12.2. The van der Waals surface area contributed by atoms with Crippen molar-refractivity contribution in [1.82, 2.24) is 4.90 Å². The summed E-state index contributed by atoms with van der Waals surface area (Å²) in [6.45, 7) is 1.16. The van der Waals surface area contributed by atoms with Crippen molar-refractivity contribution in [2.24, 2.45) is 5.73 Å². The summed E-state index contributed by atoms with van der Waals surface area (Å²) < 4.78 is 41.5. The van der Waals surface area contributed by atoms with E-state index in [0.29, 0.717) is 13.0 Å². The number of rotatable bonds is 1. The summed E-state index contributed by atoms with van der Waals surface area (Å²) in [6.07, 6.45) is -4.14. The van der Waals surface area contributed by atoms with E-state index in [4.69, 9.17) is 10.5 Å². The van der Waals surface area contributed by atoms with Crippen molar-refractivity contribution >= 4 is 5.91 Å². The highest BCUT2D eigenvalue weighted by molar-refractivity contribution is 5.82. The first-order valence-corrected chi connectivity index (χ1v) is 4.62. The Balaban J connectivity index is 2.58. The second-order valence-electron chi connectivity index (χ2n) is 3.31. The third-order valence-corrected chi connectivity index (χ3v) is 2.15. The topological polar surface area (TPSA) is 55.6 Å². The number of halogens is 3. The smallest absolute Gasteiger partial charge is 0.380 e. The van der Waals surface area contributed by atoms with Crippen LogP contribution in [0.5, 0.6) is 0 Å². The maximum Gasteiger partial charge on any atom is 0.412 e. The zero-order valence-electron chi connectivity index (χ0n) is 8.09. The van der Waals surface area contributed by atoms with Crippen molar-refractivity contribution in [3.63, 3.8) is 0 Å². The molecule has 0 radical (unpaired) electrons. The first-order valence-electron chi connectivity index (χ1n) is 4.62. The highest BCUT2D eigenvalue weighted by Crippen LogP contribution is 2.20. The van der Waals surface area contributed by atoms with Crippen LogP contribution in [0.2, 0.25) is 0 Å². The Morgan fingerprint density at radius 3 is 2.60 bits per heavy atom. The quantitative estimate of drug-likeness (QED) is 0.691. The van der Waals surface area contributed by atoms with Gasteiger partial charge in [0.15, 0.2) is 6.04 Å². The van der Waals surface area contributed by atoms with Crippen LogP contribution in [0.3, 0.4) is 0 Å². The molecule has 1 aliphatic heterocycles. The Morgan fingerprint density at radius 2 is 2.00 bits per heavy atom. The Morgan fingerprint density at radius 1 is 1.33 bits per heavy atom. The number of amides is 1. The fraction of sp³-hybridized carbons (Fsp3) is 0.875. The van der Waals surface area contributed by atoms with Crippen LogP contribution >= 0.6 is 0 Å². The molecular weight excluding hydrogens is 213 g/mol. The molecule has 1 unspecified atom stereocenters. The number of ether oxygens (including phenoxy) is 1. The largest absolute Gasteiger partial charge is 0.412 e. The minimum atomic E-state index is -4.68. The lowest BCUT2D eigenvalue weighted by molar-refractivity contribution is -0.170. The molecule has 1 heterocycles. The normalized spacial score (nSPS) is 20.9. The van der Waals surface area contributed by atoms with Gasteiger partial charge in [0.1, 0.15) is 0 Å². The molecule has 88 valence electrons. The van der Waals surface area contributed by atoms with Gasteiger partial charge in [0.2, 0.25) is 5.91 Å². The second kappa shape index (κ2) is 4.80. The first-order chi connectivity index (χ1) is 6.93. The van der Waals surface area contributed by atoms with Gasteiger partial charge < -0.3 is 15.4 Å². The van der Waals surface area contributed by atoms with Gasteiger partial charge in [-0.1, -0.05) is 0 Å². The average Bonchev–Trinajstić information content (AvgIpc) is 2.42. The molecular formula is C8H13F3N2O2. The molecule has 1 aliphatic rings. The third-order valence-electron chi connectivity index (χ3n) is 2.15. The number of alkyl halides is 3. The Kier molecular flexibility index (Phi) is 3.92. The van der Waals surface area contributed by atoms with Crippen LogP contribution in [0.4, 0.5) is 13.2 Å². The molecule has 1 saturated heterocycles. The van der Waals surface area contributed by atoms with Crippen molar-refractivity contribution in [2.45, 2.75) is 18.6 Å². The molecule has 15 heavy (non-hydrogen) atoms. The fourth-order valence-corrected chi connectivity index (χ4v) is 1.30. The van der Waals surface area contributed by atoms with E-state index in [1.54, 1.807) is 0 Å². The van der Waals surface area contributed by atoms with Crippen LogP contribution in [0, 0.1) is 0 Å². The van der Waals surface area contributed by atoms with Gasteiger partial charge in [-0.25, -0.2) is 0 Å². The zero-order chi connectivity index (χ0) is 11.5. The number of hydrogen-bond acceptors (Lipinski definition) is 3. The lowest BCUT2D eigenvalue weighted by atomic mass is 10.2. The van der Waals surface area contributed by atoms with Crippen LogP contribution in [-0.4, -0.2) is 49.3 Å². The van der Waals surface area contributed by atoms with Crippen LogP contribution in [-0.2, 0) is 9.53 Å². The molecule has 2 N–H and O–H groups in total. The minimum absolute atomic E-state index is 0.169. The van der Waals surface area contributed by atoms with E-state index in [2.05, 4.69) is 0 Å². The van der Waals surface area contributed by atoms with Crippen molar-refractivity contribution in [3.8, 4) is 0 Å². The molecule has 0 aromatic rings. The molecule has 0 aromatic carbocycles. The van der Waals surface area contributed by atoms with E-state index in [0.717, 1.165) is 4.90 Å². The fourth-order valence-electron chi connectivity index (χ4n) is 1.30. The summed E-state index contributed by atoms with van der Waals surface area (Å²) in [6, 6.07) is -2.42. The standard InChI is InChI=1S/C8H13F3N2O2/c9-8(10,11)6(12)7(14)13-2-1-4-15-5-3-13/h6H,1-5,12H2. The lowest BCUT2D eigenvalue weighted by Crippen LogP contribution is -2.52. The van der Waals surface area contributed by atoms with Crippen molar-refractivity contribution in [1.29, 1.82) is 0 Å². The second-order valence-corrected chi connectivity index (χ2v) is 3.31. The van der Waals surface area contributed by atoms with Crippen molar-refractivity contribution in [2.75, 3.05) is 26.3 Å². The zero-order valence-corrected chi connectivity index (χ0v) is 8.09. The molecule has 1 fully saturated rings. The summed E-state index contributed by atoms with van der Waals surface area (Å²) in [5.41, 5.74) is 4.82. The highest BCUT2D eigenvalue weighted by Gasteiger charge is 2.43. The predicted octanol–water partition coefficient (Wildman–Crippen LogP) is 0.125. The van der Waals surface area contributed by atoms with E-state index in [9.17, 15) is 18.0 Å². The van der Waals surface area contributed by atoms with Crippen LogP contribution in [0.15, 0.2) is 0 Å². The number of nitrogens with two attached hydrogens (primary N) is 1. The molecule has 0 saturated carbocycles. The molecule has 0 bridgehead atoms. The minimum Gasteiger partial charge on any atom is -0.380 e. The van der Waals surface area contributed by atoms with Gasteiger partial charge in [-0.15, -0.1) is 0 Å². The molecule has 4 nitrogen and oxygen atoms in total. The van der Waals surface area contributed by atoms with E-state index in [-0.39, 0.29) is 19.7 Å². The third kappa shape index (κ3) is 3.35. The van der Waals surface area contributed by atoms with Gasteiger partial charge in [-0.3, -0.25) is 4.79 Å². The summed E-state index contributed by atoms with van der Waals surface area (Å²) in [7, 11) is 0. The van der Waals surface area contributed by atoms with Gasteiger partial charge in [-0.2, -0.15) is 13.2 Å². The molecule has 1 atom stereocenters. The van der Waals surface area contributed by atoms with Gasteiger partial charge in [0, 0.05) is 19.7 Å². The Labute approximate surface area is 85.2 Å². The van der Waals surface area contributed by atoms with E-state index >= 15 is 0 Å². The van der Waals surface area contributed by atoms with Crippen molar-refractivity contribution < 1.29 is 22.7 Å². The highest BCUT2D eigenvalue weighted by atomic mass is 19.4. The van der Waals surface area contributed by atoms with Gasteiger partial charge in [0.05, 0.1) is 6.61 Å². The molecule has 0 spiro atoms. The summed E-state index contributed by atoms with van der Waals surface area (Å²) >= 11 is 0. The summed E-state index contributed by atoms with van der Waals surface area (Å²) in [4.78, 5) is 12.4. The SMILES string of the molecule is NC(C(=O)N1CCCOCC1)C(F)(F)F. The first kappa shape index (κ1) is 12.3. The van der Waals surface area contributed by atoms with Crippen LogP contribution in [0.1, 0.15) is 6.42 Å². The number of carbonyl (C=O) groups is 1. The summed E-state index contributed by atoms with van der Waals surface area (Å²) in [5.74, 6) is -1.08. The number of hydrogen-bond donors (Lipinski definition) is 1. The average molecular weight is 226 g/mol. The van der Waals surface area contributed by atoms with Crippen LogP contribution in [0.25, 0.3) is 0 Å². The Hall–Kier alpha value is -0.820. The Bertz CT molecular complexity index is 224. The monoisotopic (exact) mass is 226 g/mol. The van der Waals surface area contributed by atoms with Crippen molar-refractivity contribution in [3.05, 3.63) is 0 Å². The van der Waals surface area contributed by atoms with Gasteiger partial charge in [0.25, 0.3) is 0 Å². The molecule has 0 aliphatic carbocycles.